The lowest BCUT2D eigenvalue weighted by atomic mass is 9.68. The molecule has 2 fully saturated rings. The summed E-state index contributed by atoms with van der Waals surface area (Å²) in [5.74, 6) is -34.3. The van der Waals surface area contributed by atoms with Crippen molar-refractivity contribution in [1.29, 1.82) is 0 Å². The lowest BCUT2D eigenvalue weighted by Gasteiger charge is -2.39. The highest BCUT2D eigenvalue weighted by Gasteiger charge is 2.90. The van der Waals surface area contributed by atoms with Gasteiger partial charge in [0.1, 0.15) is 0 Å². The molecule has 0 unspecified atom stereocenters. The van der Waals surface area contributed by atoms with E-state index in [0.717, 1.165) is 37.2 Å². The first-order valence-corrected chi connectivity index (χ1v) is 14.2. The first-order valence-electron chi connectivity index (χ1n) is 14.2. The fourth-order valence-electron chi connectivity index (χ4n) is 6.50. The Bertz CT molecular complexity index is 997. The Labute approximate surface area is 236 Å². The summed E-state index contributed by atoms with van der Waals surface area (Å²) < 4.78 is 173. The van der Waals surface area contributed by atoms with E-state index in [2.05, 4.69) is 6.92 Å². The average molecular weight is 631 g/mol. The highest BCUT2D eigenvalue weighted by molar-refractivity contribution is 5.26. The van der Waals surface area contributed by atoms with Gasteiger partial charge in [-0.2, -0.15) is 57.1 Å². The zero-order valence-electron chi connectivity index (χ0n) is 23.0. The molecule has 0 saturated heterocycles. The molecule has 0 nitrogen and oxygen atoms in total. The van der Waals surface area contributed by atoms with Crippen LogP contribution in [0.25, 0.3) is 0 Å². The van der Waals surface area contributed by atoms with Crippen LogP contribution < -0.4 is 0 Å². The normalized spacial score (nSPS) is 25.5. The number of aryl methyl sites for hydroxylation is 1. The Balaban J connectivity index is 1.59. The van der Waals surface area contributed by atoms with E-state index in [-0.39, 0.29) is 11.5 Å². The Morgan fingerprint density at radius 2 is 1.02 bits per heavy atom. The van der Waals surface area contributed by atoms with E-state index in [9.17, 15) is 57.1 Å². The highest BCUT2D eigenvalue weighted by Crippen LogP contribution is 2.60. The summed E-state index contributed by atoms with van der Waals surface area (Å²) in [6.07, 6.45) is 0.627. The fraction of sp³-hybridized carbons (Fsp3) is 0.793. The van der Waals surface area contributed by atoms with Gasteiger partial charge in [-0.15, -0.1) is 0 Å². The molecule has 0 aromatic heterocycles. The van der Waals surface area contributed by atoms with Crippen molar-refractivity contribution in [1.82, 2.24) is 0 Å². The monoisotopic (exact) mass is 630 g/mol. The topological polar surface area (TPSA) is 0 Å². The van der Waals surface area contributed by atoms with Crippen LogP contribution in [0.4, 0.5) is 57.1 Å². The molecule has 2 aliphatic rings. The summed E-state index contributed by atoms with van der Waals surface area (Å²) in [5.41, 5.74) is 0.809. The second kappa shape index (κ2) is 12.4. The fourth-order valence-corrected chi connectivity index (χ4v) is 6.50. The summed E-state index contributed by atoms with van der Waals surface area (Å²) in [7, 11) is 0. The van der Waals surface area contributed by atoms with Crippen LogP contribution in [-0.2, 0) is 6.42 Å². The number of benzene rings is 1. The van der Waals surface area contributed by atoms with Crippen molar-refractivity contribution in [3.8, 4) is 0 Å². The third-order valence-electron chi connectivity index (χ3n) is 9.20. The lowest BCUT2D eigenvalue weighted by Crippen LogP contribution is -2.70. The van der Waals surface area contributed by atoms with Crippen LogP contribution in [0.15, 0.2) is 24.3 Å². The second-order valence-electron chi connectivity index (χ2n) is 11.9. The quantitative estimate of drug-likeness (QED) is 0.214. The maximum atomic E-state index is 14.1. The minimum atomic E-state index is -7.86. The van der Waals surface area contributed by atoms with Crippen LogP contribution >= 0.6 is 0 Å². The zero-order valence-corrected chi connectivity index (χ0v) is 23.0. The van der Waals surface area contributed by atoms with Gasteiger partial charge in [0.25, 0.3) is 0 Å². The van der Waals surface area contributed by atoms with Gasteiger partial charge in [0, 0.05) is 6.42 Å². The number of halogens is 13. The predicted molar refractivity (Wildman–Crippen MR) is 131 cm³/mol. The minimum absolute atomic E-state index is 0.0533. The third kappa shape index (κ3) is 6.54. The van der Waals surface area contributed by atoms with Crippen LogP contribution in [0.2, 0.25) is 0 Å². The van der Waals surface area contributed by atoms with E-state index in [0.29, 0.717) is 11.8 Å². The molecule has 0 radical (unpaired) electrons. The van der Waals surface area contributed by atoms with Crippen LogP contribution in [0, 0.1) is 17.8 Å². The van der Waals surface area contributed by atoms with Crippen molar-refractivity contribution in [2.75, 3.05) is 0 Å². The third-order valence-corrected chi connectivity index (χ3v) is 9.20. The van der Waals surface area contributed by atoms with Crippen molar-refractivity contribution >= 4 is 0 Å². The Morgan fingerprint density at radius 3 is 1.48 bits per heavy atom. The maximum absolute atomic E-state index is 14.1. The molecule has 0 heterocycles. The van der Waals surface area contributed by atoms with Crippen molar-refractivity contribution in [2.24, 2.45) is 17.8 Å². The van der Waals surface area contributed by atoms with E-state index in [1.54, 1.807) is 12.1 Å². The molecular formula is C29H35F13. The molecule has 0 aliphatic heterocycles. The standard InChI is InChI=1S/C29H35F13/c1-2-3-18-4-8-20(9-5-18)22-12-14-23(15-13-22)21-10-6-19(7-11-21)16-17-24(30,31)25(32,33)26(34,35)27(36,37)28(38,39)29(40,41)42/h6-7,10-11,18,20,22-23H,2-5,8-9,12-17H2,1H3/t18-,20-,22-,23-. The Hall–Kier alpha value is -1.69. The van der Waals surface area contributed by atoms with Gasteiger partial charge in [0.05, 0.1) is 0 Å². The van der Waals surface area contributed by atoms with Gasteiger partial charge in [0.2, 0.25) is 0 Å². The molecule has 0 spiro atoms. The molecule has 13 heteroatoms. The SMILES string of the molecule is CCC[C@H]1CC[C@H]([C@H]2CC[C@H](c3ccc(CCC(F)(F)C(F)(F)C(F)(F)C(F)(F)C(F)(F)C(F)(F)F)cc3)CC2)CC1. The molecule has 1 aromatic rings. The number of hydrogen-bond donors (Lipinski definition) is 0. The van der Waals surface area contributed by atoms with Gasteiger partial charge in [-0.3, -0.25) is 0 Å². The van der Waals surface area contributed by atoms with Crippen molar-refractivity contribution in [3.63, 3.8) is 0 Å². The summed E-state index contributed by atoms with van der Waals surface area (Å²) in [6.45, 7) is 2.19. The van der Waals surface area contributed by atoms with E-state index >= 15 is 0 Å². The van der Waals surface area contributed by atoms with Gasteiger partial charge in [-0.25, -0.2) is 0 Å². The molecule has 42 heavy (non-hydrogen) atoms. The molecular weight excluding hydrogens is 595 g/mol. The molecule has 0 bridgehead atoms. The molecule has 0 atom stereocenters. The molecule has 0 amide bonds. The van der Waals surface area contributed by atoms with E-state index in [1.807, 2.05) is 0 Å². The van der Waals surface area contributed by atoms with Gasteiger partial charge in [-0.05, 0) is 79.7 Å². The number of alkyl halides is 13. The van der Waals surface area contributed by atoms with Crippen molar-refractivity contribution in [2.45, 2.75) is 126 Å². The Morgan fingerprint density at radius 1 is 0.571 bits per heavy atom. The maximum Gasteiger partial charge on any atom is 0.460 e. The van der Waals surface area contributed by atoms with E-state index in [1.165, 1.54) is 50.7 Å². The smallest absolute Gasteiger partial charge is 0.200 e. The second-order valence-corrected chi connectivity index (χ2v) is 11.9. The summed E-state index contributed by atoms with van der Waals surface area (Å²) in [5, 5.41) is 0. The van der Waals surface area contributed by atoms with Crippen LogP contribution in [0.5, 0.6) is 0 Å². The van der Waals surface area contributed by atoms with Crippen LogP contribution in [-0.4, -0.2) is 35.8 Å². The number of rotatable bonds is 11. The van der Waals surface area contributed by atoms with Gasteiger partial charge >= 0.3 is 35.8 Å². The first kappa shape index (κ1) is 34.8. The predicted octanol–water partition coefficient (Wildman–Crippen LogP) is 11.2. The molecule has 0 N–H and O–H groups in total. The lowest BCUT2D eigenvalue weighted by molar-refractivity contribution is -0.440. The van der Waals surface area contributed by atoms with Crippen molar-refractivity contribution in [3.05, 3.63) is 35.4 Å². The molecule has 3 rings (SSSR count). The largest absolute Gasteiger partial charge is 0.460 e. The minimum Gasteiger partial charge on any atom is -0.200 e. The average Bonchev–Trinajstić information content (AvgIpc) is 2.92. The zero-order chi connectivity index (χ0) is 31.8. The first-order chi connectivity index (χ1) is 19.2. The van der Waals surface area contributed by atoms with Gasteiger partial charge in [-0.1, -0.05) is 56.9 Å². The van der Waals surface area contributed by atoms with Crippen molar-refractivity contribution < 1.29 is 57.1 Å². The van der Waals surface area contributed by atoms with E-state index in [4.69, 9.17) is 0 Å². The Kier molecular flexibility index (Phi) is 10.2. The van der Waals surface area contributed by atoms with Crippen LogP contribution in [0.3, 0.4) is 0 Å². The summed E-state index contributed by atoms with van der Waals surface area (Å²) >= 11 is 0. The van der Waals surface area contributed by atoms with E-state index < -0.39 is 48.6 Å². The van der Waals surface area contributed by atoms with Gasteiger partial charge in [0.15, 0.2) is 0 Å². The molecule has 1 aromatic carbocycles. The number of hydrogen-bond acceptors (Lipinski definition) is 0. The van der Waals surface area contributed by atoms with Crippen LogP contribution in [0.1, 0.15) is 94.6 Å². The van der Waals surface area contributed by atoms with Gasteiger partial charge < -0.3 is 0 Å². The molecule has 242 valence electrons. The summed E-state index contributed by atoms with van der Waals surface area (Å²) in [6, 6.07) is 5.71. The summed E-state index contributed by atoms with van der Waals surface area (Å²) in [4.78, 5) is 0. The highest BCUT2D eigenvalue weighted by atomic mass is 19.4. The molecule has 2 aliphatic carbocycles. The molecule has 2 saturated carbocycles.